The second kappa shape index (κ2) is 6.86. The van der Waals surface area contributed by atoms with Crippen LogP contribution in [0.4, 0.5) is 0 Å². The van der Waals surface area contributed by atoms with Crippen LogP contribution in [0.25, 0.3) is 0 Å². The Bertz CT molecular complexity index is 252. The molecule has 80 valence electrons. The van der Waals surface area contributed by atoms with Gasteiger partial charge in [-0.15, -0.1) is 0 Å². The van der Waals surface area contributed by atoms with Gasteiger partial charge in [-0.05, 0) is 0 Å². The quantitative estimate of drug-likeness (QED) is 0.538. The minimum atomic E-state index is 0.771. The molecule has 0 atom stereocenters. The fourth-order valence-corrected chi connectivity index (χ4v) is 1.83. The number of aromatic nitrogens is 2. The Hall–Kier alpha value is -0.520. The zero-order valence-corrected chi connectivity index (χ0v) is 9.51. The van der Waals surface area contributed by atoms with Crippen LogP contribution < -0.4 is 5.32 Å². The van der Waals surface area contributed by atoms with Crippen molar-refractivity contribution in [2.75, 3.05) is 32.6 Å². The van der Waals surface area contributed by atoms with E-state index in [1.807, 2.05) is 24.0 Å². The molecule has 4 nitrogen and oxygen atoms in total. The molecule has 0 fully saturated rings. The van der Waals surface area contributed by atoms with Gasteiger partial charge in [-0.2, -0.15) is 0 Å². The van der Waals surface area contributed by atoms with Crippen LogP contribution in [0.1, 0.15) is 0 Å². The molecule has 0 aliphatic rings. The highest BCUT2D eigenvalue weighted by Crippen LogP contribution is 2.12. The Morgan fingerprint density at radius 3 is 3.07 bits per heavy atom. The van der Waals surface area contributed by atoms with Crippen LogP contribution in [0.15, 0.2) is 17.6 Å². The number of aryl methyl sites for hydroxylation is 1. The lowest BCUT2D eigenvalue weighted by molar-refractivity contribution is 0.200. The SMILES string of the molecule is COCCNCCSc1nccn1C. The zero-order valence-electron chi connectivity index (χ0n) is 8.69. The van der Waals surface area contributed by atoms with E-state index in [0.717, 1.165) is 30.6 Å². The molecule has 14 heavy (non-hydrogen) atoms. The van der Waals surface area contributed by atoms with Gasteiger partial charge in [-0.3, -0.25) is 0 Å². The first-order chi connectivity index (χ1) is 6.84. The summed E-state index contributed by atoms with van der Waals surface area (Å²) < 4.78 is 6.96. The average molecular weight is 215 g/mol. The summed E-state index contributed by atoms with van der Waals surface area (Å²) in [6.45, 7) is 2.67. The Morgan fingerprint density at radius 2 is 2.43 bits per heavy atom. The molecule has 0 spiro atoms. The van der Waals surface area contributed by atoms with E-state index in [2.05, 4.69) is 10.3 Å². The summed E-state index contributed by atoms with van der Waals surface area (Å²) in [6.07, 6.45) is 3.78. The van der Waals surface area contributed by atoms with Gasteiger partial charge in [0.1, 0.15) is 0 Å². The van der Waals surface area contributed by atoms with E-state index in [-0.39, 0.29) is 0 Å². The topological polar surface area (TPSA) is 39.1 Å². The largest absolute Gasteiger partial charge is 0.383 e. The summed E-state index contributed by atoms with van der Waals surface area (Å²) in [6, 6.07) is 0. The standard InChI is InChI=1S/C9H17N3OS/c1-12-6-3-11-9(12)14-8-5-10-4-7-13-2/h3,6,10H,4-5,7-8H2,1-2H3. The van der Waals surface area contributed by atoms with Crippen LogP contribution in [-0.2, 0) is 11.8 Å². The van der Waals surface area contributed by atoms with Crippen molar-refractivity contribution in [1.29, 1.82) is 0 Å². The summed E-state index contributed by atoms with van der Waals surface area (Å²) in [5, 5.41) is 4.35. The third kappa shape index (κ3) is 4.13. The van der Waals surface area contributed by atoms with Gasteiger partial charge in [-0.1, -0.05) is 11.8 Å². The molecule has 5 heteroatoms. The smallest absolute Gasteiger partial charge is 0.167 e. The lowest BCUT2D eigenvalue weighted by Crippen LogP contribution is -2.21. The van der Waals surface area contributed by atoms with E-state index in [9.17, 15) is 0 Å². The third-order valence-electron chi connectivity index (χ3n) is 1.77. The van der Waals surface area contributed by atoms with E-state index in [0.29, 0.717) is 0 Å². The molecule has 0 radical (unpaired) electrons. The Morgan fingerprint density at radius 1 is 1.57 bits per heavy atom. The number of ether oxygens (including phenoxy) is 1. The van der Waals surface area contributed by atoms with E-state index in [4.69, 9.17) is 4.74 Å². The van der Waals surface area contributed by atoms with Crippen molar-refractivity contribution in [3.63, 3.8) is 0 Å². The van der Waals surface area contributed by atoms with Gasteiger partial charge in [0.15, 0.2) is 5.16 Å². The van der Waals surface area contributed by atoms with Gasteiger partial charge in [0, 0.05) is 45.4 Å². The van der Waals surface area contributed by atoms with Gasteiger partial charge >= 0.3 is 0 Å². The average Bonchev–Trinajstić information content (AvgIpc) is 2.58. The Balaban J connectivity index is 2.02. The summed E-state index contributed by atoms with van der Waals surface area (Å²) in [5.41, 5.74) is 0. The molecule has 1 rings (SSSR count). The molecule has 0 aliphatic heterocycles. The minimum absolute atomic E-state index is 0.771. The van der Waals surface area contributed by atoms with Crippen LogP contribution in [0.2, 0.25) is 0 Å². The molecular weight excluding hydrogens is 198 g/mol. The lowest BCUT2D eigenvalue weighted by Gasteiger charge is -2.03. The van der Waals surface area contributed by atoms with Crippen LogP contribution >= 0.6 is 11.8 Å². The van der Waals surface area contributed by atoms with Crippen molar-refractivity contribution in [3.8, 4) is 0 Å². The highest BCUT2D eigenvalue weighted by Gasteiger charge is 1.98. The van der Waals surface area contributed by atoms with E-state index >= 15 is 0 Å². The molecule has 0 saturated heterocycles. The van der Waals surface area contributed by atoms with E-state index in [1.54, 1.807) is 18.9 Å². The monoisotopic (exact) mass is 215 g/mol. The summed E-state index contributed by atoms with van der Waals surface area (Å²) in [4.78, 5) is 4.22. The zero-order chi connectivity index (χ0) is 10.2. The fourth-order valence-electron chi connectivity index (χ4n) is 1.00. The molecule has 1 N–H and O–H groups in total. The number of hydrogen-bond acceptors (Lipinski definition) is 4. The molecule has 0 aromatic carbocycles. The summed E-state index contributed by atoms with van der Waals surface area (Å²) in [7, 11) is 3.72. The van der Waals surface area contributed by atoms with Gasteiger partial charge < -0.3 is 14.6 Å². The number of nitrogens with one attached hydrogen (secondary N) is 1. The molecule has 0 aliphatic carbocycles. The number of rotatable bonds is 7. The maximum Gasteiger partial charge on any atom is 0.167 e. The first kappa shape index (κ1) is 11.6. The Labute approximate surface area is 89.0 Å². The predicted octanol–water partition coefficient (Wildman–Crippen LogP) is 0.748. The third-order valence-corrected chi connectivity index (χ3v) is 2.83. The van der Waals surface area contributed by atoms with Crippen LogP contribution in [0.3, 0.4) is 0 Å². The highest BCUT2D eigenvalue weighted by molar-refractivity contribution is 7.99. The molecule has 0 amide bonds. The van der Waals surface area contributed by atoms with Crippen LogP contribution in [0.5, 0.6) is 0 Å². The maximum absolute atomic E-state index is 4.93. The number of hydrogen-bond donors (Lipinski definition) is 1. The lowest BCUT2D eigenvalue weighted by atomic mass is 10.6. The Kier molecular flexibility index (Phi) is 5.66. The molecule has 1 aromatic heterocycles. The second-order valence-electron chi connectivity index (χ2n) is 2.91. The van der Waals surface area contributed by atoms with E-state index < -0.39 is 0 Å². The first-order valence-electron chi connectivity index (χ1n) is 4.64. The number of nitrogens with zero attached hydrogens (tertiary/aromatic N) is 2. The van der Waals surface area contributed by atoms with Gasteiger partial charge in [0.2, 0.25) is 0 Å². The fraction of sp³-hybridized carbons (Fsp3) is 0.667. The van der Waals surface area contributed by atoms with E-state index in [1.165, 1.54) is 0 Å². The molecule has 0 unspecified atom stereocenters. The van der Waals surface area contributed by atoms with Crippen molar-refractivity contribution in [2.45, 2.75) is 5.16 Å². The number of thioether (sulfide) groups is 1. The van der Waals surface area contributed by atoms with Gasteiger partial charge in [0.25, 0.3) is 0 Å². The summed E-state index contributed by atoms with van der Waals surface area (Å²) in [5.74, 6) is 1.04. The van der Waals surface area contributed by atoms with Gasteiger partial charge in [-0.25, -0.2) is 4.98 Å². The van der Waals surface area contributed by atoms with Gasteiger partial charge in [0.05, 0.1) is 6.61 Å². The van der Waals surface area contributed by atoms with Crippen molar-refractivity contribution in [1.82, 2.24) is 14.9 Å². The molecule has 0 saturated carbocycles. The normalized spacial score (nSPS) is 10.7. The van der Waals surface area contributed by atoms with Crippen molar-refractivity contribution in [2.24, 2.45) is 7.05 Å². The van der Waals surface area contributed by atoms with Crippen molar-refractivity contribution < 1.29 is 4.74 Å². The molecule has 1 aromatic rings. The van der Waals surface area contributed by atoms with Crippen LogP contribution in [0, 0.1) is 0 Å². The van der Waals surface area contributed by atoms with Crippen molar-refractivity contribution >= 4 is 11.8 Å². The van der Waals surface area contributed by atoms with Crippen molar-refractivity contribution in [3.05, 3.63) is 12.4 Å². The predicted molar refractivity (Wildman–Crippen MR) is 58.7 cm³/mol. The van der Waals surface area contributed by atoms with Crippen LogP contribution in [-0.4, -0.2) is 42.1 Å². The number of methoxy groups -OCH3 is 1. The first-order valence-corrected chi connectivity index (χ1v) is 5.63. The number of imidazole rings is 1. The summed E-state index contributed by atoms with van der Waals surface area (Å²) >= 11 is 1.76. The maximum atomic E-state index is 4.93. The molecule has 0 bridgehead atoms. The second-order valence-corrected chi connectivity index (χ2v) is 3.97. The highest BCUT2D eigenvalue weighted by atomic mass is 32.2. The minimum Gasteiger partial charge on any atom is -0.383 e. The molecular formula is C9H17N3OS. The molecule has 1 heterocycles.